The molecule has 1 aromatic heterocycles. The molecule has 1 nitrogen and oxygen atoms in total. The fourth-order valence-electron chi connectivity index (χ4n) is 1.60. The molecule has 0 radical (unpaired) electrons. The van der Waals surface area contributed by atoms with Crippen LogP contribution in [0.1, 0.15) is 30.1 Å². The molecule has 1 aromatic carbocycles. The molecule has 78 valence electrons. The summed E-state index contributed by atoms with van der Waals surface area (Å²) < 4.78 is 13.9. The van der Waals surface area contributed by atoms with E-state index in [1.807, 2.05) is 6.92 Å². The van der Waals surface area contributed by atoms with Crippen molar-refractivity contribution in [1.29, 1.82) is 0 Å². The topological polar surface area (TPSA) is 17.1 Å². The molecule has 3 heteroatoms. The zero-order chi connectivity index (χ0) is 10.8. The Balaban J connectivity index is 2.54. The highest BCUT2D eigenvalue weighted by Gasteiger charge is 2.12. The molecule has 2 aromatic rings. The molecule has 0 aliphatic carbocycles. The quantitative estimate of drug-likeness (QED) is 0.717. The van der Waals surface area contributed by atoms with Crippen LogP contribution in [0.2, 0.25) is 0 Å². The molecule has 0 amide bonds. The average Bonchev–Trinajstić information content (AvgIpc) is 2.63. The van der Waals surface area contributed by atoms with Crippen LogP contribution in [0.4, 0.5) is 4.39 Å². The Kier molecular flexibility index (Phi) is 2.82. The summed E-state index contributed by atoms with van der Waals surface area (Å²) in [7, 11) is 0. The average molecular weight is 222 g/mol. The van der Waals surface area contributed by atoms with Crippen molar-refractivity contribution >= 4 is 27.2 Å². The zero-order valence-electron chi connectivity index (χ0n) is 8.42. The normalized spacial score (nSPS) is 10.8. The van der Waals surface area contributed by atoms with Gasteiger partial charge in [-0.25, -0.2) is 4.39 Å². The van der Waals surface area contributed by atoms with Crippen LogP contribution in [0, 0.1) is 5.82 Å². The largest absolute Gasteiger partial charge is 0.294 e. The first kappa shape index (κ1) is 10.3. The van der Waals surface area contributed by atoms with Crippen LogP contribution in [0.5, 0.6) is 0 Å². The Hall–Kier alpha value is -1.22. The molecule has 0 saturated carbocycles. The fourth-order valence-corrected chi connectivity index (χ4v) is 2.58. The minimum Gasteiger partial charge on any atom is -0.294 e. The summed E-state index contributed by atoms with van der Waals surface area (Å²) in [6.07, 6.45) is 1.35. The predicted molar refractivity (Wildman–Crippen MR) is 61.0 cm³/mol. The Morgan fingerprint density at radius 1 is 1.47 bits per heavy atom. The SMILES string of the molecule is CCCC(=O)c1csc2c(F)cccc12. The number of hydrogen-bond acceptors (Lipinski definition) is 2. The van der Waals surface area contributed by atoms with Crippen molar-refractivity contribution in [2.45, 2.75) is 19.8 Å². The van der Waals surface area contributed by atoms with Crippen molar-refractivity contribution < 1.29 is 9.18 Å². The van der Waals surface area contributed by atoms with Crippen molar-refractivity contribution in [3.63, 3.8) is 0 Å². The van der Waals surface area contributed by atoms with Gasteiger partial charge in [0.25, 0.3) is 0 Å². The highest BCUT2D eigenvalue weighted by atomic mass is 32.1. The minimum atomic E-state index is -0.243. The van der Waals surface area contributed by atoms with Crippen LogP contribution < -0.4 is 0 Å². The van der Waals surface area contributed by atoms with Crippen LogP contribution in [0.3, 0.4) is 0 Å². The van der Waals surface area contributed by atoms with Gasteiger partial charge in [-0.05, 0) is 12.5 Å². The lowest BCUT2D eigenvalue weighted by atomic mass is 10.1. The highest BCUT2D eigenvalue weighted by molar-refractivity contribution is 7.17. The number of carbonyl (C=O) groups is 1. The highest BCUT2D eigenvalue weighted by Crippen LogP contribution is 2.29. The molecule has 0 unspecified atom stereocenters. The van der Waals surface area contributed by atoms with Gasteiger partial charge < -0.3 is 0 Å². The number of rotatable bonds is 3. The molecule has 0 aliphatic rings. The molecule has 0 atom stereocenters. The van der Waals surface area contributed by atoms with E-state index < -0.39 is 0 Å². The van der Waals surface area contributed by atoms with Gasteiger partial charge in [0, 0.05) is 22.8 Å². The summed E-state index contributed by atoms with van der Waals surface area (Å²) in [5.41, 5.74) is 0.663. The third kappa shape index (κ3) is 1.79. The van der Waals surface area contributed by atoms with Gasteiger partial charge in [-0.2, -0.15) is 0 Å². The molecular weight excluding hydrogens is 211 g/mol. The Labute approximate surface area is 91.5 Å². The minimum absolute atomic E-state index is 0.106. The number of ketones is 1. The van der Waals surface area contributed by atoms with Crippen LogP contribution in [0.15, 0.2) is 23.6 Å². The molecular formula is C12H11FOS. The first-order valence-corrected chi connectivity index (χ1v) is 5.81. The molecule has 0 fully saturated rings. The second-order valence-electron chi connectivity index (χ2n) is 3.44. The molecule has 1 heterocycles. The van der Waals surface area contributed by atoms with Crippen molar-refractivity contribution in [1.82, 2.24) is 0 Å². The third-order valence-corrected chi connectivity index (χ3v) is 3.33. The van der Waals surface area contributed by atoms with E-state index in [2.05, 4.69) is 0 Å². The lowest BCUT2D eigenvalue weighted by Crippen LogP contribution is -1.96. The molecule has 0 aliphatic heterocycles. The number of thiophene rings is 1. The van der Waals surface area contributed by atoms with Gasteiger partial charge in [0.2, 0.25) is 0 Å². The number of fused-ring (bicyclic) bond motifs is 1. The summed E-state index contributed by atoms with van der Waals surface area (Å²) in [6.45, 7) is 1.97. The lowest BCUT2D eigenvalue weighted by Gasteiger charge is -1.97. The van der Waals surface area contributed by atoms with Gasteiger partial charge in [-0.3, -0.25) is 4.79 Å². The van der Waals surface area contributed by atoms with E-state index in [1.54, 1.807) is 17.5 Å². The van der Waals surface area contributed by atoms with E-state index in [9.17, 15) is 9.18 Å². The van der Waals surface area contributed by atoms with Crippen LogP contribution in [-0.2, 0) is 0 Å². The monoisotopic (exact) mass is 222 g/mol. The van der Waals surface area contributed by atoms with Gasteiger partial charge in [0.1, 0.15) is 5.82 Å². The molecule has 0 N–H and O–H groups in total. The van der Waals surface area contributed by atoms with E-state index in [-0.39, 0.29) is 11.6 Å². The van der Waals surface area contributed by atoms with Crippen molar-refractivity contribution in [2.24, 2.45) is 0 Å². The van der Waals surface area contributed by atoms with Crippen LogP contribution in [-0.4, -0.2) is 5.78 Å². The first-order valence-electron chi connectivity index (χ1n) is 4.93. The van der Waals surface area contributed by atoms with E-state index in [1.165, 1.54) is 17.4 Å². The number of carbonyl (C=O) groups excluding carboxylic acids is 1. The van der Waals surface area contributed by atoms with Crippen molar-refractivity contribution in [3.05, 3.63) is 35.0 Å². The summed E-state index contributed by atoms with van der Waals surface area (Å²) >= 11 is 1.30. The van der Waals surface area contributed by atoms with E-state index in [0.29, 0.717) is 16.7 Å². The van der Waals surface area contributed by atoms with E-state index in [0.717, 1.165) is 11.8 Å². The van der Waals surface area contributed by atoms with Gasteiger partial charge in [0.05, 0.1) is 4.70 Å². The molecule has 15 heavy (non-hydrogen) atoms. The number of benzene rings is 1. The number of Topliss-reactive ketones (excluding diaryl/α,β-unsaturated/α-hetero) is 1. The maximum absolute atomic E-state index is 13.3. The van der Waals surface area contributed by atoms with E-state index in [4.69, 9.17) is 0 Å². The van der Waals surface area contributed by atoms with Crippen LogP contribution >= 0.6 is 11.3 Å². The van der Waals surface area contributed by atoms with Gasteiger partial charge in [-0.15, -0.1) is 11.3 Å². The molecule has 0 saturated heterocycles. The summed E-state index contributed by atoms with van der Waals surface area (Å²) in [6, 6.07) is 4.87. The second kappa shape index (κ2) is 4.11. The molecule has 0 bridgehead atoms. The van der Waals surface area contributed by atoms with E-state index >= 15 is 0 Å². The lowest BCUT2D eigenvalue weighted by molar-refractivity contribution is 0.0983. The second-order valence-corrected chi connectivity index (χ2v) is 4.32. The third-order valence-electron chi connectivity index (χ3n) is 2.33. The smallest absolute Gasteiger partial charge is 0.164 e. The molecule has 0 spiro atoms. The number of halogens is 1. The predicted octanol–water partition coefficient (Wildman–Crippen LogP) is 4.02. The molecule has 2 rings (SSSR count). The van der Waals surface area contributed by atoms with Crippen molar-refractivity contribution in [2.75, 3.05) is 0 Å². The standard InChI is InChI=1S/C12H11FOS/c1-2-4-11(14)9-7-15-12-8(9)5-3-6-10(12)13/h3,5-7H,2,4H2,1H3. The van der Waals surface area contributed by atoms with Crippen molar-refractivity contribution in [3.8, 4) is 0 Å². The Morgan fingerprint density at radius 3 is 3.00 bits per heavy atom. The first-order chi connectivity index (χ1) is 7.24. The Bertz CT molecular complexity index is 501. The van der Waals surface area contributed by atoms with Gasteiger partial charge in [-0.1, -0.05) is 19.1 Å². The summed E-state index contributed by atoms with van der Waals surface area (Å²) in [5, 5.41) is 2.50. The van der Waals surface area contributed by atoms with Gasteiger partial charge >= 0.3 is 0 Å². The maximum atomic E-state index is 13.3. The summed E-state index contributed by atoms with van der Waals surface area (Å²) in [4.78, 5) is 11.7. The van der Waals surface area contributed by atoms with Crippen LogP contribution in [0.25, 0.3) is 10.1 Å². The maximum Gasteiger partial charge on any atom is 0.164 e. The fraction of sp³-hybridized carbons (Fsp3) is 0.250. The zero-order valence-corrected chi connectivity index (χ0v) is 9.23. The number of hydrogen-bond donors (Lipinski definition) is 0. The summed E-state index contributed by atoms with van der Waals surface area (Å²) in [5.74, 6) is -0.137. The Morgan fingerprint density at radius 2 is 2.27 bits per heavy atom. The van der Waals surface area contributed by atoms with Gasteiger partial charge in [0.15, 0.2) is 5.78 Å².